The van der Waals surface area contributed by atoms with Gasteiger partial charge in [0.1, 0.15) is 6.10 Å². The third-order valence-corrected chi connectivity index (χ3v) is 18.2. The third-order valence-electron chi connectivity index (χ3n) is 12.6. The molecule has 9 heteroatoms. The third kappa shape index (κ3) is 4.19. The van der Waals surface area contributed by atoms with Gasteiger partial charge in [0.05, 0.1) is 17.8 Å². The maximum absolute atomic E-state index is 13.5. The van der Waals surface area contributed by atoms with Gasteiger partial charge in [-0.15, -0.1) is 0 Å². The molecule has 7 nitrogen and oxygen atoms in total. The first-order valence-corrected chi connectivity index (χ1v) is 22.6. The summed E-state index contributed by atoms with van der Waals surface area (Å²) in [5.74, 6) is -0.355. The number of hydrogen-bond donors (Lipinski definition) is 0. The normalized spacial score (nSPS) is 45.1. The van der Waals surface area contributed by atoms with Crippen LogP contribution in [0.15, 0.2) is 11.1 Å². The van der Waals surface area contributed by atoms with E-state index < -0.39 is 45.7 Å². The molecule has 2 aliphatic heterocycles. The quantitative estimate of drug-likeness (QED) is 0.162. The second-order valence-electron chi connectivity index (χ2n) is 16.6. The van der Waals surface area contributed by atoms with Gasteiger partial charge < -0.3 is 27.8 Å². The van der Waals surface area contributed by atoms with Crippen LogP contribution in [0, 0.1) is 22.7 Å². The van der Waals surface area contributed by atoms with Crippen molar-refractivity contribution in [3.05, 3.63) is 11.1 Å². The van der Waals surface area contributed by atoms with Gasteiger partial charge in [-0.25, -0.2) is 4.79 Å². The van der Waals surface area contributed by atoms with Crippen LogP contribution in [0.3, 0.4) is 0 Å². The largest absolute Gasteiger partial charge is 0.509 e. The van der Waals surface area contributed by atoms with Gasteiger partial charge in [-0.3, -0.25) is 0 Å². The van der Waals surface area contributed by atoms with Crippen molar-refractivity contribution >= 4 is 22.8 Å². The fourth-order valence-corrected chi connectivity index (χ4v) is 14.8. The van der Waals surface area contributed by atoms with Gasteiger partial charge in [0.25, 0.3) is 0 Å². The Morgan fingerprint density at radius 1 is 0.929 bits per heavy atom. The number of fused-ring (bicyclic) bond motifs is 8. The second kappa shape index (κ2) is 9.41. The number of carbonyl (C=O) groups excluding carboxylic acids is 1. The van der Waals surface area contributed by atoms with Crippen LogP contribution in [0.5, 0.6) is 0 Å². The first kappa shape index (κ1) is 31.3. The Bertz CT molecular complexity index is 1160. The molecule has 2 saturated heterocycles. The summed E-state index contributed by atoms with van der Waals surface area (Å²) < 4.78 is 41.6. The van der Waals surface area contributed by atoms with Crippen molar-refractivity contribution in [2.45, 2.75) is 167 Å². The molecule has 0 N–H and O–H groups in total. The minimum Gasteiger partial charge on any atom is -0.426 e. The van der Waals surface area contributed by atoms with Crippen LogP contribution in [0.1, 0.15) is 88.0 Å². The molecule has 0 aromatic carbocycles. The second-order valence-corrected chi connectivity index (χ2v) is 25.8. The average molecular weight is 621 g/mol. The van der Waals surface area contributed by atoms with Crippen LogP contribution in [0.25, 0.3) is 0 Å². The van der Waals surface area contributed by atoms with Gasteiger partial charge in [-0.05, 0) is 94.9 Å². The summed E-state index contributed by atoms with van der Waals surface area (Å²) in [6.45, 7) is 26.9. The molecule has 3 saturated carbocycles. The monoisotopic (exact) mass is 620 g/mol. The highest BCUT2D eigenvalue weighted by atomic mass is 28.4. The molecular formula is C33H56O7Si2. The number of carbonyl (C=O) groups is 1. The molecule has 6 aliphatic rings. The van der Waals surface area contributed by atoms with Crippen LogP contribution in [0.2, 0.25) is 37.8 Å². The summed E-state index contributed by atoms with van der Waals surface area (Å²) in [7, 11) is -3.96. The lowest BCUT2D eigenvalue weighted by atomic mass is 9.48. The summed E-state index contributed by atoms with van der Waals surface area (Å²) in [5, 5.41) is 0. The number of ether oxygens (including phenoxy) is 4. The lowest BCUT2D eigenvalue weighted by molar-refractivity contribution is -0.204. The van der Waals surface area contributed by atoms with Crippen molar-refractivity contribution in [1.82, 2.24) is 0 Å². The summed E-state index contributed by atoms with van der Waals surface area (Å²) in [6, 6.07) is 3.18. The Morgan fingerprint density at radius 3 is 2.17 bits per heavy atom. The van der Waals surface area contributed by atoms with E-state index in [2.05, 4.69) is 68.1 Å². The molecule has 9 atom stereocenters. The molecule has 0 amide bonds. The Morgan fingerprint density at radius 2 is 1.57 bits per heavy atom. The van der Waals surface area contributed by atoms with Gasteiger partial charge in [-0.1, -0.05) is 41.5 Å². The minimum absolute atomic E-state index is 0.0719. The number of rotatable bonds is 7. The van der Waals surface area contributed by atoms with E-state index in [4.69, 9.17) is 27.8 Å². The number of hydrogen-bond acceptors (Lipinski definition) is 7. The molecule has 0 aromatic rings. The molecule has 0 radical (unpaired) electrons. The van der Waals surface area contributed by atoms with Gasteiger partial charge >= 0.3 is 6.16 Å². The predicted octanol–water partition coefficient (Wildman–Crippen LogP) is 7.96. The van der Waals surface area contributed by atoms with Crippen molar-refractivity contribution in [1.29, 1.82) is 0 Å². The Kier molecular flexibility index (Phi) is 7.01. The highest BCUT2D eigenvalue weighted by Crippen LogP contribution is 2.73. The molecule has 1 spiro atoms. The average Bonchev–Trinajstić information content (AvgIpc) is 3.32. The van der Waals surface area contributed by atoms with E-state index in [0.29, 0.717) is 12.3 Å². The van der Waals surface area contributed by atoms with Gasteiger partial charge in [0.15, 0.2) is 34.1 Å². The fraction of sp³-hybridized carbons (Fsp3) is 0.909. The van der Waals surface area contributed by atoms with Crippen LogP contribution in [-0.4, -0.2) is 64.2 Å². The van der Waals surface area contributed by atoms with E-state index in [1.54, 1.807) is 0 Å². The lowest BCUT2D eigenvalue weighted by Crippen LogP contribution is -2.70. The van der Waals surface area contributed by atoms with Gasteiger partial charge in [0.2, 0.25) is 0 Å². The maximum Gasteiger partial charge on any atom is 0.509 e. The minimum atomic E-state index is -2.00. The van der Waals surface area contributed by atoms with Crippen LogP contribution in [0.4, 0.5) is 4.79 Å². The van der Waals surface area contributed by atoms with Crippen LogP contribution in [-0.2, 0) is 27.8 Å². The van der Waals surface area contributed by atoms with E-state index >= 15 is 0 Å². The van der Waals surface area contributed by atoms with Crippen LogP contribution < -0.4 is 0 Å². The molecule has 2 heterocycles. The van der Waals surface area contributed by atoms with E-state index in [1.807, 2.05) is 13.8 Å². The van der Waals surface area contributed by atoms with Crippen molar-refractivity contribution in [2.75, 3.05) is 0 Å². The highest BCUT2D eigenvalue weighted by molar-refractivity contribution is 6.73. The molecule has 238 valence electrons. The van der Waals surface area contributed by atoms with E-state index in [0.717, 1.165) is 37.4 Å². The SMILES string of the molecule is CC[Si](CC)(CC)O[C@H]1C[C@@]23OC(=O)O[C@H]2[C@H]2[C@@](C)(CC[C@@H]4C[C@@]42O[Si](C)(C)C)[C@H]2OC(C)(C)O[C@@H]2C(=C1C)C3(C)C. The molecule has 42 heavy (non-hydrogen) atoms. The van der Waals surface area contributed by atoms with Gasteiger partial charge in [-0.2, -0.15) is 0 Å². The van der Waals surface area contributed by atoms with E-state index in [9.17, 15) is 4.79 Å². The summed E-state index contributed by atoms with van der Waals surface area (Å²) in [5.41, 5.74) is 0.274. The Hall–Kier alpha value is -0.716. The lowest BCUT2D eigenvalue weighted by Gasteiger charge is -2.62. The topological polar surface area (TPSA) is 72.5 Å². The maximum atomic E-state index is 13.5. The summed E-state index contributed by atoms with van der Waals surface area (Å²) in [6.07, 6.45) is 2.01. The standard InChI is InChI=1S/C33H56O7Si2/c1-13-42(14-2,15-3)39-22-19-33-27(35-28(34)38-33)25-31(9,17-16-21-18-32(21,25)40-41(10,11)12)26-24(36-30(7,8)37-26)23(20(22)4)29(33,5)6/h21-22,24-27H,13-19H2,1-12H3/t21-,22+,24-,25+,26+,27+,31-,32-,33-/m1/s1. The predicted molar refractivity (Wildman–Crippen MR) is 167 cm³/mol. The van der Waals surface area contributed by atoms with Crippen molar-refractivity contribution < 1.29 is 32.6 Å². The first-order valence-electron chi connectivity index (χ1n) is 16.7. The summed E-state index contributed by atoms with van der Waals surface area (Å²) in [4.78, 5) is 13.5. The van der Waals surface area contributed by atoms with E-state index in [-0.39, 0.29) is 35.2 Å². The first-order chi connectivity index (χ1) is 19.3. The molecule has 4 aliphatic carbocycles. The highest BCUT2D eigenvalue weighted by Gasteiger charge is 2.81. The van der Waals surface area contributed by atoms with E-state index in [1.165, 1.54) is 11.1 Å². The molecule has 6 rings (SSSR count). The zero-order chi connectivity index (χ0) is 30.9. The smallest absolute Gasteiger partial charge is 0.426 e. The molecule has 0 aromatic heterocycles. The van der Waals surface area contributed by atoms with Crippen molar-refractivity contribution in [2.24, 2.45) is 22.7 Å². The molecule has 5 fully saturated rings. The van der Waals surface area contributed by atoms with Crippen LogP contribution >= 0.6 is 0 Å². The molecule has 2 bridgehead atoms. The van der Waals surface area contributed by atoms with Crippen molar-refractivity contribution in [3.8, 4) is 0 Å². The fourth-order valence-electron chi connectivity index (χ4n) is 10.4. The zero-order valence-corrected chi connectivity index (χ0v) is 30.3. The molecular weight excluding hydrogens is 565 g/mol. The van der Waals surface area contributed by atoms with Crippen molar-refractivity contribution in [3.63, 3.8) is 0 Å². The summed E-state index contributed by atoms with van der Waals surface area (Å²) >= 11 is 0. The Labute approximate surface area is 256 Å². The molecule has 0 unspecified atom stereocenters. The van der Waals surface area contributed by atoms with Gasteiger partial charge in [0, 0.05) is 23.2 Å². The Balaban J connectivity index is 1.61. The zero-order valence-electron chi connectivity index (χ0n) is 28.3.